The van der Waals surface area contributed by atoms with Crippen molar-refractivity contribution in [2.75, 3.05) is 5.32 Å². The Morgan fingerprint density at radius 2 is 1.92 bits per heavy atom. The van der Waals surface area contributed by atoms with Crippen LogP contribution in [0.25, 0.3) is 11.4 Å². The largest absolute Gasteiger partial charge is 0.322 e. The highest BCUT2D eigenvalue weighted by Gasteiger charge is 2.14. The molecule has 26 heavy (non-hydrogen) atoms. The maximum absolute atomic E-state index is 12.6. The van der Waals surface area contributed by atoms with Crippen molar-refractivity contribution in [3.8, 4) is 11.4 Å². The van der Waals surface area contributed by atoms with E-state index in [0.717, 1.165) is 24.8 Å². The molecule has 0 bridgehead atoms. The van der Waals surface area contributed by atoms with Gasteiger partial charge in [-0.05, 0) is 61.6 Å². The van der Waals surface area contributed by atoms with E-state index in [9.17, 15) is 9.59 Å². The van der Waals surface area contributed by atoms with E-state index in [1.807, 2.05) is 36.4 Å². The van der Waals surface area contributed by atoms with Crippen LogP contribution in [0.2, 0.25) is 0 Å². The minimum Gasteiger partial charge on any atom is -0.322 e. The molecule has 0 unspecified atom stereocenters. The van der Waals surface area contributed by atoms with E-state index in [2.05, 4.69) is 21.4 Å². The second-order valence-corrected chi connectivity index (χ2v) is 6.61. The fraction of sp³-hybridized carbons (Fsp3) is 0.190. The fourth-order valence-electron chi connectivity index (χ4n) is 3.38. The van der Waals surface area contributed by atoms with E-state index in [0.29, 0.717) is 22.8 Å². The number of hydrogen-bond donors (Lipinski definition) is 2. The van der Waals surface area contributed by atoms with Gasteiger partial charge >= 0.3 is 0 Å². The highest BCUT2D eigenvalue weighted by molar-refractivity contribution is 6.04. The number of rotatable bonds is 3. The summed E-state index contributed by atoms with van der Waals surface area (Å²) in [5.74, 6) is 0.353. The molecule has 0 radical (unpaired) electrons. The topological polar surface area (TPSA) is 74.8 Å². The molecular formula is C21H19N3O2. The number of hydrogen-bond acceptors (Lipinski definition) is 3. The highest BCUT2D eigenvalue weighted by Crippen LogP contribution is 2.24. The summed E-state index contributed by atoms with van der Waals surface area (Å²) in [5, 5.41) is 2.93. The number of H-pyrrole nitrogens is 1. The van der Waals surface area contributed by atoms with Crippen molar-refractivity contribution in [1.82, 2.24) is 9.97 Å². The van der Waals surface area contributed by atoms with Gasteiger partial charge in [0.05, 0.1) is 0 Å². The average Bonchev–Trinajstić information content (AvgIpc) is 3.09. The first-order valence-corrected chi connectivity index (χ1v) is 8.70. The quantitative estimate of drug-likeness (QED) is 0.763. The van der Waals surface area contributed by atoms with Crippen molar-refractivity contribution < 1.29 is 4.79 Å². The zero-order valence-corrected chi connectivity index (χ0v) is 14.5. The van der Waals surface area contributed by atoms with Crippen LogP contribution < -0.4 is 10.9 Å². The predicted octanol–water partition coefficient (Wildman–Crippen LogP) is 3.49. The van der Waals surface area contributed by atoms with E-state index in [1.165, 1.54) is 17.2 Å². The zero-order chi connectivity index (χ0) is 18.1. The summed E-state index contributed by atoms with van der Waals surface area (Å²) in [6.45, 7) is 1.78. The number of anilines is 1. The van der Waals surface area contributed by atoms with Gasteiger partial charge in [-0.1, -0.05) is 18.2 Å². The lowest BCUT2D eigenvalue weighted by atomic mass is 10.1. The van der Waals surface area contributed by atoms with Gasteiger partial charge in [0.1, 0.15) is 5.82 Å². The average molecular weight is 345 g/mol. The third-order valence-electron chi connectivity index (χ3n) is 4.62. The second kappa shape index (κ2) is 6.59. The molecule has 1 aliphatic carbocycles. The predicted molar refractivity (Wildman–Crippen MR) is 101 cm³/mol. The van der Waals surface area contributed by atoms with Crippen molar-refractivity contribution in [3.05, 3.63) is 81.3 Å². The molecule has 0 spiro atoms. The van der Waals surface area contributed by atoms with Gasteiger partial charge in [-0.25, -0.2) is 4.98 Å². The molecule has 1 heterocycles. The van der Waals surface area contributed by atoms with Crippen LogP contribution in [0.4, 0.5) is 5.69 Å². The first-order chi connectivity index (χ1) is 12.6. The van der Waals surface area contributed by atoms with Crippen molar-refractivity contribution >= 4 is 11.6 Å². The van der Waals surface area contributed by atoms with Crippen LogP contribution in [0.3, 0.4) is 0 Å². The Kier molecular flexibility index (Phi) is 4.13. The van der Waals surface area contributed by atoms with Gasteiger partial charge in [-0.15, -0.1) is 0 Å². The standard InChI is InChI=1S/C21H19N3O2/c1-13-10-19(25)24-20(22-13)16-6-3-7-18(12-16)23-21(26)17-9-8-14-4-2-5-15(14)11-17/h3,6-12H,2,4-5H2,1H3,(H,23,26)(H,22,24,25). The lowest BCUT2D eigenvalue weighted by Gasteiger charge is -2.09. The number of carbonyl (C=O) groups excluding carboxylic acids is 1. The molecule has 5 nitrogen and oxygen atoms in total. The number of fused-ring (bicyclic) bond motifs is 1. The monoisotopic (exact) mass is 345 g/mol. The Morgan fingerprint density at radius 3 is 2.77 bits per heavy atom. The van der Waals surface area contributed by atoms with Gasteiger partial charge in [0, 0.05) is 28.6 Å². The summed E-state index contributed by atoms with van der Waals surface area (Å²) in [7, 11) is 0. The first-order valence-electron chi connectivity index (χ1n) is 8.70. The number of nitrogens with one attached hydrogen (secondary N) is 2. The Hall–Kier alpha value is -3.21. The summed E-state index contributed by atoms with van der Waals surface area (Å²) in [4.78, 5) is 31.3. The van der Waals surface area contributed by atoms with E-state index >= 15 is 0 Å². The van der Waals surface area contributed by atoms with Gasteiger partial charge in [-0.3, -0.25) is 9.59 Å². The molecule has 0 saturated heterocycles. The molecule has 130 valence electrons. The van der Waals surface area contributed by atoms with Crippen LogP contribution in [-0.4, -0.2) is 15.9 Å². The van der Waals surface area contributed by atoms with Gasteiger partial charge < -0.3 is 10.3 Å². The number of aryl methyl sites for hydroxylation is 3. The second-order valence-electron chi connectivity index (χ2n) is 6.61. The molecule has 0 saturated carbocycles. The van der Waals surface area contributed by atoms with Crippen molar-refractivity contribution in [2.45, 2.75) is 26.2 Å². The maximum Gasteiger partial charge on any atom is 0.255 e. The van der Waals surface area contributed by atoms with Crippen molar-refractivity contribution in [1.29, 1.82) is 0 Å². The molecule has 5 heteroatoms. The van der Waals surface area contributed by atoms with E-state index < -0.39 is 0 Å². The minimum absolute atomic E-state index is 0.137. The molecule has 2 N–H and O–H groups in total. The lowest BCUT2D eigenvalue weighted by molar-refractivity contribution is 0.102. The molecule has 0 aliphatic heterocycles. The molecular weight excluding hydrogens is 326 g/mol. The molecule has 0 fully saturated rings. The summed E-state index contributed by atoms with van der Waals surface area (Å²) < 4.78 is 0. The number of amides is 1. The van der Waals surface area contributed by atoms with Crippen LogP contribution in [0.5, 0.6) is 0 Å². The molecule has 3 aromatic rings. The Morgan fingerprint density at radius 1 is 1.08 bits per heavy atom. The van der Waals surface area contributed by atoms with Crippen LogP contribution in [0.1, 0.15) is 33.6 Å². The smallest absolute Gasteiger partial charge is 0.255 e. The SMILES string of the molecule is Cc1cc(=O)[nH]c(-c2cccc(NC(=O)c3ccc4c(c3)CCC4)c2)n1. The number of nitrogens with zero attached hydrogens (tertiary/aromatic N) is 1. The van der Waals surface area contributed by atoms with Crippen LogP contribution >= 0.6 is 0 Å². The number of aromatic amines is 1. The van der Waals surface area contributed by atoms with Gasteiger partial charge in [0.2, 0.25) is 0 Å². The van der Waals surface area contributed by atoms with Crippen molar-refractivity contribution in [2.24, 2.45) is 0 Å². The van der Waals surface area contributed by atoms with Gasteiger partial charge in [-0.2, -0.15) is 0 Å². The zero-order valence-electron chi connectivity index (χ0n) is 14.5. The summed E-state index contributed by atoms with van der Waals surface area (Å²) in [5.41, 5.74) is 5.15. The molecule has 1 aromatic heterocycles. The summed E-state index contributed by atoms with van der Waals surface area (Å²) >= 11 is 0. The van der Waals surface area contributed by atoms with E-state index in [-0.39, 0.29) is 11.5 Å². The molecule has 1 aliphatic rings. The Labute approximate surface area is 151 Å². The first kappa shape index (κ1) is 16.3. The molecule has 1 amide bonds. The molecule has 2 aromatic carbocycles. The summed E-state index contributed by atoms with van der Waals surface area (Å²) in [6, 6.07) is 14.7. The Balaban J connectivity index is 1.59. The maximum atomic E-state index is 12.6. The van der Waals surface area contributed by atoms with Crippen molar-refractivity contribution in [3.63, 3.8) is 0 Å². The Bertz CT molecular complexity index is 1050. The van der Waals surface area contributed by atoms with Crippen LogP contribution in [-0.2, 0) is 12.8 Å². The number of benzene rings is 2. The number of aromatic nitrogens is 2. The number of carbonyl (C=O) groups is 1. The lowest BCUT2D eigenvalue weighted by Crippen LogP contribution is -2.12. The normalized spacial score (nSPS) is 12.7. The van der Waals surface area contributed by atoms with E-state index in [4.69, 9.17) is 0 Å². The molecule has 0 atom stereocenters. The van der Waals surface area contributed by atoms with Gasteiger partial charge in [0.25, 0.3) is 11.5 Å². The van der Waals surface area contributed by atoms with Crippen LogP contribution in [0.15, 0.2) is 53.3 Å². The third-order valence-corrected chi connectivity index (χ3v) is 4.62. The highest BCUT2D eigenvalue weighted by atomic mass is 16.1. The van der Waals surface area contributed by atoms with Gasteiger partial charge in [0.15, 0.2) is 0 Å². The van der Waals surface area contributed by atoms with Crippen LogP contribution in [0, 0.1) is 6.92 Å². The van der Waals surface area contributed by atoms with E-state index in [1.54, 1.807) is 6.92 Å². The minimum atomic E-state index is -0.194. The summed E-state index contributed by atoms with van der Waals surface area (Å²) in [6.07, 6.45) is 3.30. The molecule has 4 rings (SSSR count). The third kappa shape index (κ3) is 3.28. The fourth-order valence-corrected chi connectivity index (χ4v) is 3.38.